The van der Waals surface area contributed by atoms with Gasteiger partial charge in [-0.05, 0) is 54.6 Å². The Morgan fingerprint density at radius 2 is 1.62 bits per heavy atom. The number of rotatable bonds is 4. The van der Waals surface area contributed by atoms with Gasteiger partial charge in [-0.2, -0.15) is 0 Å². The molecule has 0 saturated carbocycles. The molecular weight excluding hydrogens is 355 g/mol. The van der Waals surface area contributed by atoms with Crippen molar-refractivity contribution < 1.29 is 9.13 Å². The topological polar surface area (TPSA) is 59.4 Å². The van der Waals surface area contributed by atoms with Crippen molar-refractivity contribution in [2.24, 2.45) is 4.99 Å². The molecule has 1 N–H and O–H groups in total. The van der Waals surface area contributed by atoms with Crippen LogP contribution < -0.4 is 10.1 Å². The van der Waals surface area contributed by atoms with E-state index in [9.17, 15) is 4.39 Å². The first-order valence-corrected chi connectivity index (χ1v) is 7.93. The Morgan fingerprint density at radius 3 is 2.27 bits per heavy atom. The van der Waals surface area contributed by atoms with Gasteiger partial charge >= 0.3 is 0 Å². The molecule has 2 aromatic carbocycles. The highest BCUT2D eigenvalue weighted by Crippen LogP contribution is 2.25. The summed E-state index contributed by atoms with van der Waals surface area (Å²) in [5.41, 5.74) is 1.77. The molecule has 2 heterocycles. The van der Waals surface area contributed by atoms with E-state index in [1.807, 2.05) is 30.3 Å². The molecule has 132 valence electrons. The number of hydrogen-bond acceptors (Lipinski definition) is 5. The fraction of sp³-hybridized carbons (Fsp3) is 0.105. The fourth-order valence-corrected chi connectivity index (χ4v) is 2.51. The van der Waals surface area contributed by atoms with Gasteiger partial charge in [0.05, 0.1) is 12.2 Å². The third-order valence-corrected chi connectivity index (χ3v) is 3.74. The quantitative estimate of drug-likeness (QED) is 0.758. The van der Waals surface area contributed by atoms with E-state index in [1.165, 1.54) is 12.1 Å². The van der Waals surface area contributed by atoms with Gasteiger partial charge in [0.1, 0.15) is 17.3 Å². The van der Waals surface area contributed by atoms with E-state index >= 15 is 0 Å². The van der Waals surface area contributed by atoms with Gasteiger partial charge in [-0.25, -0.2) is 14.4 Å². The van der Waals surface area contributed by atoms with Crippen molar-refractivity contribution in [2.45, 2.75) is 0 Å². The predicted octanol–water partition coefficient (Wildman–Crippen LogP) is 3.85. The van der Waals surface area contributed by atoms with Gasteiger partial charge in [-0.1, -0.05) is 0 Å². The molecule has 7 heteroatoms. The Kier molecular flexibility index (Phi) is 5.43. The Balaban J connectivity index is 0.00000196. The zero-order chi connectivity index (χ0) is 17.1. The van der Waals surface area contributed by atoms with Crippen LogP contribution in [0.3, 0.4) is 0 Å². The fourth-order valence-electron chi connectivity index (χ4n) is 2.51. The smallest absolute Gasteiger partial charge is 0.195 e. The molecule has 0 bridgehead atoms. The molecule has 0 atom stereocenters. The van der Waals surface area contributed by atoms with Crippen LogP contribution in [0.4, 0.5) is 4.39 Å². The summed E-state index contributed by atoms with van der Waals surface area (Å²) in [7, 11) is 0. The van der Waals surface area contributed by atoms with Crippen LogP contribution in [0.5, 0.6) is 11.5 Å². The molecule has 0 unspecified atom stereocenters. The van der Waals surface area contributed by atoms with Crippen LogP contribution in [-0.2, 0) is 0 Å². The highest BCUT2D eigenvalue weighted by molar-refractivity contribution is 5.96. The summed E-state index contributed by atoms with van der Waals surface area (Å²) in [6.07, 6.45) is 1.73. The second kappa shape index (κ2) is 7.93. The van der Waals surface area contributed by atoms with E-state index in [-0.39, 0.29) is 18.2 Å². The molecule has 1 aliphatic heterocycles. The molecular formula is C19H16ClFN4O. The van der Waals surface area contributed by atoms with Crippen LogP contribution in [0.2, 0.25) is 0 Å². The van der Waals surface area contributed by atoms with Crippen LogP contribution in [0, 0.1) is 5.82 Å². The van der Waals surface area contributed by atoms with Crippen molar-refractivity contribution in [2.75, 3.05) is 13.1 Å². The molecule has 0 amide bonds. The maximum absolute atomic E-state index is 12.9. The second-order valence-electron chi connectivity index (χ2n) is 5.50. The first-order chi connectivity index (χ1) is 12.3. The van der Waals surface area contributed by atoms with E-state index < -0.39 is 0 Å². The number of aliphatic imine (C=N–C) groups is 1. The SMILES string of the molecule is Cl.Fc1ccc(Oc2ccc(-c3ccnc(C4=NCCN4)n3)cc2)cc1. The average Bonchev–Trinajstić information content (AvgIpc) is 3.19. The normalized spacial score (nSPS) is 12.7. The molecule has 0 spiro atoms. The highest BCUT2D eigenvalue weighted by atomic mass is 35.5. The molecule has 4 rings (SSSR count). The summed E-state index contributed by atoms with van der Waals surface area (Å²) >= 11 is 0. The molecule has 1 aliphatic rings. The number of hydrogen-bond donors (Lipinski definition) is 1. The second-order valence-corrected chi connectivity index (χ2v) is 5.50. The van der Waals surface area contributed by atoms with Crippen molar-refractivity contribution in [3.05, 3.63) is 72.4 Å². The van der Waals surface area contributed by atoms with E-state index in [0.717, 1.165) is 30.2 Å². The number of nitrogens with zero attached hydrogens (tertiary/aromatic N) is 3. The molecule has 5 nitrogen and oxygen atoms in total. The zero-order valence-electron chi connectivity index (χ0n) is 13.7. The first kappa shape index (κ1) is 17.8. The van der Waals surface area contributed by atoms with Gasteiger partial charge in [0.2, 0.25) is 0 Å². The monoisotopic (exact) mass is 370 g/mol. The Hall–Kier alpha value is -2.99. The maximum atomic E-state index is 12.9. The van der Waals surface area contributed by atoms with Gasteiger partial charge in [-0.3, -0.25) is 4.99 Å². The number of aromatic nitrogens is 2. The molecule has 0 aliphatic carbocycles. The largest absolute Gasteiger partial charge is 0.457 e. The summed E-state index contributed by atoms with van der Waals surface area (Å²) in [4.78, 5) is 13.2. The van der Waals surface area contributed by atoms with Crippen LogP contribution in [0.1, 0.15) is 5.82 Å². The standard InChI is InChI=1S/C19H15FN4O.ClH/c20-14-3-7-16(8-4-14)25-15-5-1-13(2-6-15)17-9-10-21-19(24-17)18-22-11-12-23-18;/h1-10H,11-12H2,(H,22,23);1H. The van der Waals surface area contributed by atoms with E-state index in [4.69, 9.17) is 4.74 Å². The van der Waals surface area contributed by atoms with Crippen LogP contribution in [-0.4, -0.2) is 28.9 Å². The summed E-state index contributed by atoms with van der Waals surface area (Å²) in [5.74, 6) is 2.30. The van der Waals surface area contributed by atoms with Gasteiger partial charge < -0.3 is 10.1 Å². The summed E-state index contributed by atoms with van der Waals surface area (Å²) in [6.45, 7) is 1.57. The third kappa shape index (κ3) is 3.97. The number of nitrogens with one attached hydrogen (secondary N) is 1. The number of amidine groups is 1. The van der Waals surface area contributed by atoms with Crippen molar-refractivity contribution in [3.8, 4) is 22.8 Å². The molecule has 3 aromatic rings. The minimum absolute atomic E-state index is 0. The van der Waals surface area contributed by atoms with Gasteiger partial charge in [0.25, 0.3) is 0 Å². The minimum Gasteiger partial charge on any atom is -0.457 e. The van der Waals surface area contributed by atoms with Crippen LogP contribution in [0.25, 0.3) is 11.3 Å². The van der Waals surface area contributed by atoms with Gasteiger partial charge in [0, 0.05) is 18.3 Å². The van der Waals surface area contributed by atoms with Crippen molar-refractivity contribution in [3.63, 3.8) is 0 Å². The molecule has 1 aromatic heterocycles. The van der Waals surface area contributed by atoms with Crippen molar-refractivity contribution >= 4 is 18.2 Å². The lowest BCUT2D eigenvalue weighted by molar-refractivity contribution is 0.480. The average molecular weight is 371 g/mol. The first-order valence-electron chi connectivity index (χ1n) is 7.93. The van der Waals surface area contributed by atoms with Crippen LogP contribution in [0.15, 0.2) is 65.8 Å². The third-order valence-electron chi connectivity index (χ3n) is 3.74. The van der Waals surface area contributed by atoms with Gasteiger partial charge in [-0.15, -0.1) is 12.4 Å². The molecule has 0 radical (unpaired) electrons. The number of benzene rings is 2. The van der Waals surface area contributed by atoms with E-state index in [0.29, 0.717) is 17.3 Å². The number of ether oxygens (including phenoxy) is 1. The Morgan fingerprint density at radius 1 is 0.923 bits per heavy atom. The predicted molar refractivity (Wildman–Crippen MR) is 101 cm³/mol. The summed E-state index contributed by atoms with van der Waals surface area (Å²) in [5, 5.41) is 3.17. The lowest BCUT2D eigenvalue weighted by Crippen LogP contribution is -2.22. The van der Waals surface area contributed by atoms with E-state index in [2.05, 4.69) is 20.3 Å². The maximum Gasteiger partial charge on any atom is 0.195 e. The highest BCUT2D eigenvalue weighted by Gasteiger charge is 2.12. The van der Waals surface area contributed by atoms with Crippen molar-refractivity contribution in [1.82, 2.24) is 15.3 Å². The Bertz CT molecular complexity index is 914. The van der Waals surface area contributed by atoms with Crippen LogP contribution >= 0.6 is 12.4 Å². The van der Waals surface area contributed by atoms with Crippen molar-refractivity contribution in [1.29, 1.82) is 0 Å². The minimum atomic E-state index is -0.288. The molecule has 0 fully saturated rings. The Labute approximate surface area is 156 Å². The lowest BCUT2D eigenvalue weighted by atomic mass is 10.1. The number of halogens is 2. The van der Waals surface area contributed by atoms with E-state index in [1.54, 1.807) is 18.3 Å². The van der Waals surface area contributed by atoms with Gasteiger partial charge in [0.15, 0.2) is 11.7 Å². The zero-order valence-corrected chi connectivity index (χ0v) is 14.5. The summed E-state index contributed by atoms with van der Waals surface area (Å²) in [6, 6.07) is 15.3. The molecule has 26 heavy (non-hydrogen) atoms. The lowest BCUT2D eigenvalue weighted by Gasteiger charge is -2.07. The molecule has 0 saturated heterocycles. The summed E-state index contributed by atoms with van der Waals surface area (Å²) < 4.78 is 18.6.